The molecule has 1 aromatic rings. The van der Waals surface area contributed by atoms with Gasteiger partial charge >= 0.3 is 5.97 Å². The Kier molecular flexibility index (Phi) is 5.16. The van der Waals surface area contributed by atoms with Crippen LogP contribution in [0.3, 0.4) is 0 Å². The molecule has 0 bridgehead atoms. The molecule has 18 heavy (non-hydrogen) atoms. The number of hydrogen-bond donors (Lipinski definition) is 1. The maximum Gasteiger partial charge on any atom is 0.323 e. The summed E-state index contributed by atoms with van der Waals surface area (Å²) in [5.74, 6) is -1.38. The van der Waals surface area contributed by atoms with Crippen LogP contribution in [0.15, 0.2) is 24.3 Å². The molecule has 0 saturated heterocycles. The van der Waals surface area contributed by atoms with Crippen LogP contribution in [0.1, 0.15) is 30.6 Å². The second-order valence-corrected chi connectivity index (χ2v) is 4.47. The Morgan fingerprint density at radius 2 is 2.00 bits per heavy atom. The predicted octanol–water partition coefficient (Wildman–Crippen LogP) is 2.67. The highest BCUT2D eigenvalue weighted by Gasteiger charge is 2.24. The van der Waals surface area contributed by atoms with Crippen molar-refractivity contribution in [3.05, 3.63) is 34.9 Å². The number of carboxylic acid groups (broad SMARTS) is 1. The molecule has 0 aromatic heterocycles. The molecule has 4 nitrogen and oxygen atoms in total. The van der Waals surface area contributed by atoms with E-state index in [-0.39, 0.29) is 18.5 Å². The molecule has 0 heterocycles. The average Bonchev–Trinajstić information content (AvgIpc) is 2.34. The van der Waals surface area contributed by atoms with Crippen LogP contribution in [-0.4, -0.2) is 34.5 Å². The maximum atomic E-state index is 12.3. The summed E-state index contributed by atoms with van der Waals surface area (Å²) in [5, 5.41) is 9.20. The average molecular weight is 270 g/mol. The quantitative estimate of drug-likeness (QED) is 0.894. The summed E-state index contributed by atoms with van der Waals surface area (Å²) in [4.78, 5) is 24.4. The number of carbonyl (C=O) groups excluding carboxylic acids is 1. The van der Waals surface area contributed by atoms with Gasteiger partial charge in [0.1, 0.15) is 6.54 Å². The molecule has 0 spiro atoms. The van der Waals surface area contributed by atoms with Crippen molar-refractivity contribution in [2.75, 3.05) is 6.54 Å². The van der Waals surface area contributed by atoms with Crippen molar-refractivity contribution in [1.29, 1.82) is 0 Å². The fraction of sp³-hybridized carbons (Fsp3) is 0.385. The summed E-state index contributed by atoms with van der Waals surface area (Å²) in [6.07, 6.45) is 0.684. The van der Waals surface area contributed by atoms with E-state index in [0.717, 1.165) is 0 Å². The summed E-state index contributed by atoms with van der Waals surface area (Å²) in [7, 11) is 0. The molecule has 0 aliphatic rings. The molecule has 0 saturated carbocycles. The van der Waals surface area contributed by atoms with Crippen molar-refractivity contribution in [2.45, 2.75) is 26.3 Å². The van der Waals surface area contributed by atoms with Crippen LogP contribution in [0.4, 0.5) is 0 Å². The van der Waals surface area contributed by atoms with Gasteiger partial charge < -0.3 is 10.0 Å². The zero-order valence-corrected chi connectivity index (χ0v) is 11.1. The minimum absolute atomic E-state index is 0.148. The molecule has 0 aliphatic carbocycles. The lowest BCUT2D eigenvalue weighted by Gasteiger charge is -2.27. The molecule has 1 rings (SSSR count). The van der Waals surface area contributed by atoms with Crippen molar-refractivity contribution >= 4 is 23.5 Å². The third kappa shape index (κ3) is 3.47. The first-order valence-corrected chi connectivity index (χ1v) is 6.12. The van der Waals surface area contributed by atoms with Gasteiger partial charge in [0.15, 0.2) is 0 Å². The Hall–Kier alpha value is -1.55. The Morgan fingerprint density at radius 1 is 1.39 bits per heavy atom. The lowest BCUT2D eigenvalue weighted by Crippen LogP contribution is -2.41. The predicted molar refractivity (Wildman–Crippen MR) is 69.9 cm³/mol. The molecule has 1 atom stereocenters. The molecule has 1 unspecified atom stereocenters. The summed E-state index contributed by atoms with van der Waals surface area (Å²) >= 11 is 5.95. The van der Waals surface area contributed by atoms with Crippen molar-refractivity contribution in [2.24, 2.45) is 0 Å². The monoisotopic (exact) mass is 269 g/mol. The van der Waals surface area contributed by atoms with Crippen molar-refractivity contribution in [3.63, 3.8) is 0 Å². The Balaban J connectivity index is 3.02. The third-order valence-corrected chi connectivity index (χ3v) is 3.12. The van der Waals surface area contributed by atoms with Crippen molar-refractivity contribution < 1.29 is 14.7 Å². The molecule has 5 heteroatoms. The van der Waals surface area contributed by atoms with E-state index < -0.39 is 5.97 Å². The summed E-state index contributed by atoms with van der Waals surface area (Å²) < 4.78 is 0. The Bertz CT molecular complexity index is 448. The molecular weight excluding hydrogens is 254 g/mol. The smallest absolute Gasteiger partial charge is 0.323 e. The number of rotatable bonds is 5. The van der Waals surface area contributed by atoms with E-state index >= 15 is 0 Å². The summed E-state index contributed by atoms with van der Waals surface area (Å²) in [6, 6.07) is 6.50. The van der Waals surface area contributed by atoms with Crippen LogP contribution in [0, 0.1) is 0 Å². The van der Waals surface area contributed by atoms with Crippen molar-refractivity contribution in [1.82, 2.24) is 4.90 Å². The van der Waals surface area contributed by atoms with Crippen LogP contribution in [0.5, 0.6) is 0 Å². The largest absolute Gasteiger partial charge is 0.480 e. The second kappa shape index (κ2) is 6.40. The number of hydrogen-bond acceptors (Lipinski definition) is 2. The number of amides is 1. The Morgan fingerprint density at radius 3 is 2.50 bits per heavy atom. The van der Waals surface area contributed by atoms with Gasteiger partial charge in [-0.3, -0.25) is 9.59 Å². The fourth-order valence-electron chi connectivity index (χ4n) is 1.58. The highest BCUT2D eigenvalue weighted by atomic mass is 35.5. The molecule has 0 fully saturated rings. The zero-order chi connectivity index (χ0) is 13.7. The van der Waals surface area contributed by atoms with Crippen LogP contribution in [0.2, 0.25) is 5.02 Å². The fourth-order valence-corrected chi connectivity index (χ4v) is 1.80. The number of halogens is 1. The van der Waals surface area contributed by atoms with E-state index in [1.54, 1.807) is 24.3 Å². The van der Waals surface area contributed by atoms with E-state index in [4.69, 9.17) is 16.7 Å². The van der Waals surface area contributed by atoms with Gasteiger partial charge in [0, 0.05) is 6.04 Å². The number of carbonyl (C=O) groups is 2. The highest BCUT2D eigenvalue weighted by Crippen LogP contribution is 2.18. The molecular formula is C13H16ClNO3. The lowest BCUT2D eigenvalue weighted by molar-refractivity contribution is -0.138. The molecule has 1 N–H and O–H groups in total. The first-order valence-electron chi connectivity index (χ1n) is 5.74. The Labute approximate surface area is 111 Å². The molecule has 1 amide bonds. The minimum Gasteiger partial charge on any atom is -0.480 e. The maximum absolute atomic E-state index is 12.3. The van der Waals surface area contributed by atoms with Gasteiger partial charge in [-0.15, -0.1) is 0 Å². The number of aliphatic carboxylic acids is 1. The normalized spacial score (nSPS) is 11.9. The van der Waals surface area contributed by atoms with Gasteiger partial charge in [-0.1, -0.05) is 30.7 Å². The van der Waals surface area contributed by atoms with E-state index in [9.17, 15) is 9.59 Å². The molecule has 0 radical (unpaired) electrons. The van der Waals surface area contributed by atoms with Crippen LogP contribution in [-0.2, 0) is 4.79 Å². The van der Waals surface area contributed by atoms with Gasteiger partial charge in [-0.2, -0.15) is 0 Å². The van der Waals surface area contributed by atoms with Gasteiger partial charge in [0.05, 0.1) is 10.6 Å². The van der Waals surface area contributed by atoms with Gasteiger partial charge in [0.2, 0.25) is 0 Å². The molecule has 98 valence electrons. The SMILES string of the molecule is CCC(C)N(CC(=O)O)C(=O)c1ccccc1Cl. The van der Waals surface area contributed by atoms with E-state index in [1.165, 1.54) is 4.90 Å². The highest BCUT2D eigenvalue weighted by molar-refractivity contribution is 6.33. The second-order valence-electron chi connectivity index (χ2n) is 4.06. The van der Waals surface area contributed by atoms with Gasteiger partial charge in [-0.05, 0) is 25.5 Å². The van der Waals surface area contributed by atoms with E-state index in [2.05, 4.69) is 0 Å². The lowest BCUT2D eigenvalue weighted by atomic mass is 10.1. The molecule has 1 aromatic carbocycles. The van der Waals surface area contributed by atoms with Gasteiger partial charge in [-0.25, -0.2) is 0 Å². The molecule has 0 aliphatic heterocycles. The van der Waals surface area contributed by atoms with Crippen LogP contribution in [0.25, 0.3) is 0 Å². The topological polar surface area (TPSA) is 57.6 Å². The number of carboxylic acids is 1. The number of nitrogens with zero attached hydrogens (tertiary/aromatic N) is 1. The first kappa shape index (κ1) is 14.5. The number of benzene rings is 1. The van der Waals surface area contributed by atoms with Crippen LogP contribution < -0.4 is 0 Å². The van der Waals surface area contributed by atoms with Gasteiger partial charge in [0.25, 0.3) is 5.91 Å². The summed E-state index contributed by atoms with van der Waals surface area (Å²) in [5.41, 5.74) is 0.334. The third-order valence-electron chi connectivity index (χ3n) is 2.79. The van der Waals surface area contributed by atoms with Crippen molar-refractivity contribution in [3.8, 4) is 0 Å². The van der Waals surface area contributed by atoms with E-state index in [1.807, 2.05) is 13.8 Å². The van der Waals surface area contributed by atoms with E-state index in [0.29, 0.717) is 17.0 Å². The zero-order valence-electron chi connectivity index (χ0n) is 10.4. The minimum atomic E-state index is -1.03. The van der Waals surface area contributed by atoms with Crippen LogP contribution >= 0.6 is 11.6 Å². The summed E-state index contributed by atoms with van der Waals surface area (Å²) in [6.45, 7) is 3.40. The first-order chi connectivity index (χ1) is 8.47. The standard InChI is InChI=1S/C13H16ClNO3/c1-3-9(2)15(8-12(16)17)13(18)10-6-4-5-7-11(10)14/h4-7,9H,3,8H2,1-2H3,(H,16,17).